The molecule has 0 bridgehead atoms. The van der Waals surface area contributed by atoms with Gasteiger partial charge in [-0.3, -0.25) is 4.79 Å². The number of benzene rings is 2. The molecule has 0 spiro atoms. The minimum Gasteiger partial charge on any atom is -0.489 e. The number of rotatable bonds is 5. The van der Waals surface area contributed by atoms with Gasteiger partial charge in [0.25, 0.3) is 5.91 Å². The summed E-state index contributed by atoms with van der Waals surface area (Å²) in [5.74, 6) is 1.04. The number of nitrogens with zero attached hydrogens (tertiary/aromatic N) is 1. The molecule has 0 radical (unpaired) electrons. The summed E-state index contributed by atoms with van der Waals surface area (Å²) in [6, 6.07) is 17.3. The summed E-state index contributed by atoms with van der Waals surface area (Å²) in [6.45, 7) is 4.32. The normalized spacial score (nSPS) is 19.6. The van der Waals surface area contributed by atoms with Gasteiger partial charge in [-0.25, -0.2) is 0 Å². The highest BCUT2D eigenvalue weighted by atomic mass is 16.5. The van der Waals surface area contributed by atoms with Gasteiger partial charge in [-0.05, 0) is 36.6 Å². The minimum atomic E-state index is -0.0879. The third-order valence-electron chi connectivity index (χ3n) is 5.36. The Hall–Kier alpha value is -2.79. The van der Waals surface area contributed by atoms with Gasteiger partial charge in [0.1, 0.15) is 17.9 Å². The second-order valence-electron chi connectivity index (χ2n) is 7.50. The van der Waals surface area contributed by atoms with Crippen LogP contribution in [-0.2, 0) is 6.61 Å². The number of para-hydroxylation sites is 2. The zero-order chi connectivity index (χ0) is 18.9. The van der Waals surface area contributed by atoms with Crippen LogP contribution >= 0.6 is 0 Å². The van der Waals surface area contributed by atoms with E-state index in [9.17, 15) is 4.79 Å². The van der Waals surface area contributed by atoms with Crippen molar-refractivity contribution in [3.63, 3.8) is 0 Å². The molecule has 2 aromatic carbocycles. The maximum absolute atomic E-state index is 13.2. The summed E-state index contributed by atoms with van der Waals surface area (Å²) in [6.07, 6.45) is 0.908. The topological polar surface area (TPSA) is 68.7 Å². The molecular formula is C22H24N2O3. The first-order chi connectivity index (χ1) is 13.1. The van der Waals surface area contributed by atoms with E-state index in [4.69, 9.17) is 14.9 Å². The molecule has 5 nitrogen and oxygen atoms in total. The van der Waals surface area contributed by atoms with Crippen LogP contribution in [0.25, 0.3) is 11.0 Å². The average molecular weight is 364 g/mol. The second kappa shape index (κ2) is 7.08. The Morgan fingerprint density at radius 3 is 2.67 bits per heavy atom. The predicted octanol–water partition coefficient (Wildman–Crippen LogP) is 3.82. The molecule has 5 heteroatoms. The number of carbonyl (C=O) groups is 1. The Balaban J connectivity index is 1.65. The van der Waals surface area contributed by atoms with E-state index >= 15 is 0 Å². The van der Waals surface area contributed by atoms with Crippen LogP contribution in [0.1, 0.15) is 29.5 Å². The Labute approximate surface area is 158 Å². The summed E-state index contributed by atoms with van der Waals surface area (Å²) in [4.78, 5) is 15.0. The van der Waals surface area contributed by atoms with Crippen LogP contribution in [-0.4, -0.2) is 30.4 Å². The molecule has 1 saturated heterocycles. The van der Waals surface area contributed by atoms with E-state index in [1.807, 2.05) is 59.5 Å². The van der Waals surface area contributed by atoms with Crippen molar-refractivity contribution >= 4 is 16.9 Å². The number of carbonyl (C=O) groups excluding carboxylic acids is 1. The molecule has 1 atom stereocenters. The molecule has 1 aliphatic heterocycles. The number of amides is 1. The van der Waals surface area contributed by atoms with Crippen molar-refractivity contribution in [3.8, 4) is 5.75 Å². The maximum Gasteiger partial charge on any atom is 0.290 e. The first kappa shape index (κ1) is 17.6. The molecule has 1 aromatic heterocycles. The zero-order valence-corrected chi connectivity index (χ0v) is 15.5. The molecule has 0 aliphatic carbocycles. The van der Waals surface area contributed by atoms with Crippen LogP contribution in [0.15, 0.2) is 59.0 Å². The lowest BCUT2D eigenvalue weighted by atomic mass is 9.90. The zero-order valence-electron chi connectivity index (χ0n) is 15.5. The van der Waals surface area contributed by atoms with Crippen molar-refractivity contribution in [2.45, 2.75) is 20.0 Å². The molecule has 2 heterocycles. The molecule has 1 fully saturated rings. The van der Waals surface area contributed by atoms with Crippen LogP contribution < -0.4 is 10.5 Å². The largest absolute Gasteiger partial charge is 0.489 e. The maximum atomic E-state index is 13.2. The van der Waals surface area contributed by atoms with Crippen LogP contribution in [0.5, 0.6) is 5.75 Å². The fourth-order valence-electron chi connectivity index (χ4n) is 3.59. The first-order valence-corrected chi connectivity index (χ1v) is 9.27. The molecule has 1 amide bonds. The quantitative estimate of drug-likeness (QED) is 0.747. The smallest absolute Gasteiger partial charge is 0.290 e. The van der Waals surface area contributed by atoms with Gasteiger partial charge in [0.15, 0.2) is 5.76 Å². The SMILES string of the molecule is CC1(CN)CCN(C(=O)c2oc3ccccc3c2COc2ccccc2)C1. The fourth-order valence-corrected chi connectivity index (χ4v) is 3.59. The van der Waals surface area contributed by atoms with Crippen molar-refractivity contribution in [1.82, 2.24) is 4.90 Å². The van der Waals surface area contributed by atoms with Gasteiger partial charge in [0.05, 0.1) is 0 Å². The molecule has 1 unspecified atom stereocenters. The number of likely N-dealkylation sites (tertiary alicyclic amines) is 1. The lowest BCUT2D eigenvalue weighted by Gasteiger charge is -2.22. The van der Waals surface area contributed by atoms with Crippen LogP contribution in [0.2, 0.25) is 0 Å². The van der Waals surface area contributed by atoms with Crippen LogP contribution in [0.4, 0.5) is 0 Å². The average Bonchev–Trinajstić information content (AvgIpc) is 3.28. The lowest BCUT2D eigenvalue weighted by molar-refractivity contribution is 0.0744. The monoisotopic (exact) mass is 364 g/mol. The molecule has 2 N–H and O–H groups in total. The van der Waals surface area contributed by atoms with Gasteiger partial charge >= 0.3 is 0 Å². The third kappa shape index (κ3) is 3.43. The fraction of sp³-hybridized carbons (Fsp3) is 0.318. The van der Waals surface area contributed by atoms with Gasteiger partial charge in [0.2, 0.25) is 0 Å². The van der Waals surface area contributed by atoms with Crippen LogP contribution in [0.3, 0.4) is 0 Å². The van der Waals surface area contributed by atoms with E-state index in [1.165, 1.54) is 0 Å². The van der Waals surface area contributed by atoms with Crippen molar-refractivity contribution in [2.75, 3.05) is 19.6 Å². The lowest BCUT2D eigenvalue weighted by Crippen LogP contribution is -2.34. The second-order valence-corrected chi connectivity index (χ2v) is 7.50. The predicted molar refractivity (Wildman–Crippen MR) is 105 cm³/mol. The molecule has 1 aliphatic rings. The molecule has 140 valence electrons. The first-order valence-electron chi connectivity index (χ1n) is 9.27. The van der Waals surface area contributed by atoms with Crippen molar-refractivity contribution in [3.05, 3.63) is 65.9 Å². The number of nitrogens with two attached hydrogens (primary N) is 1. The Morgan fingerprint density at radius 2 is 1.93 bits per heavy atom. The number of hydrogen-bond donors (Lipinski definition) is 1. The Bertz CT molecular complexity index is 951. The summed E-state index contributed by atoms with van der Waals surface area (Å²) < 4.78 is 11.9. The van der Waals surface area contributed by atoms with Crippen molar-refractivity contribution in [2.24, 2.45) is 11.1 Å². The molecule has 3 aromatic rings. The van der Waals surface area contributed by atoms with Gasteiger partial charge in [-0.1, -0.05) is 43.3 Å². The van der Waals surface area contributed by atoms with Crippen LogP contribution in [0, 0.1) is 5.41 Å². The molecular weight excluding hydrogens is 340 g/mol. The standard InChI is InChI=1S/C22H24N2O3/c1-22(14-23)11-12-24(15-22)21(25)20-18(13-26-16-7-3-2-4-8-16)17-9-5-6-10-19(17)27-20/h2-10H,11-15,23H2,1H3. The van der Waals surface area contributed by atoms with E-state index < -0.39 is 0 Å². The van der Waals surface area contributed by atoms with Gasteiger partial charge in [-0.2, -0.15) is 0 Å². The summed E-state index contributed by atoms with van der Waals surface area (Å²) in [7, 11) is 0. The minimum absolute atomic E-state index is 0.0254. The number of fused-ring (bicyclic) bond motifs is 1. The van der Waals surface area contributed by atoms with Gasteiger partial charge in [-0.15, -0.1) is 0 Å². The molecule has 27 heavy (non-hydrogen) atoms. The van der Waals surface area contributed by atoms with Crippen molar-refractivity contribution in [1.29, 1.82) is 0 Å². The Kier molecular flexibility index (Phi) is 4.62. The Morgan fingerprint density at radius 1 is 1.19 bits per heavy atom. The third-order valence-corrected chi connectivity index (χ3v) is 5.36. The van der Waals surface area contributed by atoms with Crippen molar-refractivity contribution < 1.29 is 13.9 Å². The van der Waals surface area contributed by atoms with E-state index in [0.29, 0.717) is 31.0 Å². The highest BCUT2D eigenvalue weighted by molar-refractivity contribution is 5.99. The summed E-state index contributed by atoms with van der Waals surface area (Å²) >= 11 is 0. The van der Waals surface area contributed by atoms with Gasteiger partial charge in [0, 0.05) is 24.0 Å². The highest BCUT2D eigenvalue weighted by Gasteiger charge is 2.37. The number of hydrogen-bond acceptors (Lipinski definition) is 4. The van der Waals surface area contributed by atoms with E-state index in [0.717, 1.165) is 23.1 Å². The number of furan rings is 1. The number of ether oxygens (including phenoxy) is 1. The van der Waals surface area contributed by atoms with E-state index in [1.54, 1.807) is 0 Å². The van der Waals surface area contributed by atoms with E-state index in [-0.39, 0.29) is 17.9 Å². The molecule has 4 rings (SSSR count). The van der Waals surface area contributed by atoms with Gasteiger partial charge < -0.3 is 19.8 Å². The van der Waals surface area contributed by atoms with E-state index in [2.05, 4.69) is 6.92 Å². The molecule has 0 saturated carbocycles. The summed E-state index contributed by atoms with van der Waals surface area (Å²) in [5, 5.41) is 0.914. The highest BCUT2D eigenvalue weighted by Crippen LogP contribution is 2.33. The summed E-state index contributed by atoms with van der Waals surface area (Å²) in [5.41, 5.74) is 7.36.